The van der Waals surface area contributed by atoms with E-state index in [0.29, 0.717) is 12.1 Å². The summed E-state index contributed by atoms with van der Waals surface area (Å²) in [7, 11) is 0. The lowest BCUT2D eigenvalue weighted by Gasteiger charge is -2.21. The molecule has 0 aliphatic carbocycles. The fourth-order valence-electron chi connectivity index (χ4n) is 3.05. The lowest BCUT2D eigenvalue weighted by molar-refractivity contribution is -0.121. The number of fused-ring (bicyclic) bond motifs is 1. The zero-order valence-electron chi connectivity index (χ0n) is 16.4. The van der Waals surface area contributed by atoms with E-state index in [9.17, 15) is 9.59 Å². The molecule has 0 saturated carbocycles. The number of hydrogen-bond acceptors (Lipinski definition) is 4. The van der Waals surface area contributed by atoms with Crippen molar-refractivity contribution >= 4 is 28.5 Å². The highest BCUT2D eigenvalue weighted by molar-refractivity contribution is 6.04. The largest absolute Gasteiger partial charge is 0.452 e. The Morgan fingerprint density at radius 2 is 1.71 bits per heavy atom. The molecule has 0 unspecified atom stereocenters. The summed E-state index contributed by atoms with van der Waals surface area (Å²) >= 11 is 0. The van der Waals surface area contributed by atoms with Crippen LogP contribution in [-0.2, 0) is 9.53 Å². The Morgan fingerprint density at radius 3 is 2.39 bits per heavy atom. The van der Waals surface area contributed by atoms with Crippen LogP contribution in [0.5, 0.6) is 0 Å². The predicted octanol–water partition coefficient (Wildman–Crippen LogP) is 4.57. The summed E-state index contributed by atoms with van der Waals surface area (Å²) in [6.45, 7) is 6.12. The summed E-state index contributed by atoms with van der Waals surface area (Å²) in [5.74, 6) is -0.603. The van der Waals surface area contributed by atoms with Crippen LogP contribution in [0.15, 0.2) is 60.7 Å². The van der Waals surface area contributed by atoms with Crippen LogP contribution in [0, 0.1) is 0 Å². The highest BCUT2D eigenvalue weighted by Crippen LogP contribution is 2.23. The van der Waals surface area contributed by atoms with Crippen LogP contribution in [0.4, 0.5) is 5.69 Å². The Labute approximate surface area is 165 Å². The van der Waals surface area contributed by atoms with Gasteiger partial charge in [-0.25, -0.2) is 4.79 Å². The van der Waals surface area contributed by atoms with Crippen LogP contribution in [0.3, 0.4) is 0 Å². The molecular formula is C23H24N2O3. The van der Waals surface area contributed by atoms with Crippen molar-refractivity contribution in [2.75, 3.05) is 18.1 Å². The maximum atomic E-state index is 12.8. The van der Waals surface area contributed by atoms with Crippen LogP contribution >= 0.6 is 0 Å². The van der Waals surface area contributed by atoms with Gasteiger partial charge in [-0.3, -0.25) is 9.78 Å². The third-order valence-electron chi connectivity index (χ3n) is 4.56. The van der Waals surface area contributed by atoms with Gasteiger partial charge in [-0.05, 0) is 37.1 Å². The van der Waals surface area contributed by atoms with E-state index < -0.39 is 5.97 Å². The smallest absolute Gasteiger partial charge is 0.339 e. The van der Waals surface area contributed by atoms with Crippen molar-refractivity contribution in [2.45, 2.75) is 26.7 Å². The number of anilines is 1. The van der Waals surface area contributed by atoms with Gasteiger partial charge in [0.25, 0.3) is 5.91 Å². The monoisotopic (exact) mass is 376 g/mol. The van der Waals surface area contributed by atoms with E-state index in [1.165, 1.54) is 0 Å². The van der Waals surface area contributed by atoms with E-state index in [0.717, 1.165) is 22.3 Å². The summed E-state index contributed by atoms with van der Waals surface area (Å²) in [6.07, 6.45) is 0. The van der Waals surface area contributed by atoms with Gasteiger partial charge in [-0.15, -0.1) is 0 Å². The van der Waals surface area contributed by atoms with Crippen LogP contribution in [0.1, 0.15) is 42.7 Å². The number of likely N-dealkylation sites (N-methyl/N-ethyl adjacent to an activating group) is 1. The highest BCUT2D eigenvalue weighted by atomic mass is 16.5. The van der Waals surface area contributed by atoms with Crippen molar-refractivity contribution in [1.29, 1.82) is 0 Å². The molecule has 0 fully saturated rings. The quantitative estimate of drug-likeness (QED) is 0.592. The molecule has 5 nitrogen and oxygen atoms in total. The second-order valence-electron chi connectivity index (χ2n) is 6.82. The number of nitrogens with zero attached hydrogens (tertiary/aromatic N) is 2. The van der Waals surface area contributed by atoms with E-state index in [1.54, 1.807) is 11.0 Å². The standard InChI is InChI=1S/C23H24N2O3/c1-4-25(17-10-6-5-7-11-17)22(26)15-28-23(27)19-14-21(16(2)3)24-20-13-9-8-12-18(19)20/h5-14,16H,4,15H2,1-3H3. The second-order valence-corrected chi connectivity index (χ2v) is 6.82. The maximum Gasteiger partial charge on any atom is 0.339 e. The molecule has 0 atom stereocenters. The minimum Gasteiger partial charge on any atom is -0.452 e. The molecule has 28 heavy (non-hydrogen) atoms. The van der Waals surface area contributed by atoms with E-state index >= 15 is 0 Å². The van der Waals surface area contributed by atoms with Crippen LogP contribution in [0.2, 0.25) is 0 Å². The normalized spacial score (nSPS) is 10.9. The maximum absolute atomic E-state index is 12.8. The van der Waals surface area contributed by atoms with Crippen molar-refractivity contribution in [2.24, 2.45) is 0 Å². The molecule has 0 bridgehead atoms. The number of amides is 1. The Balaban J connectivity index is 1.80. The number of ether oxygens (including phenoxy) is 1. The molecule has 0 radical (unpaired) electrons. The Kier molecular flexibility index (Phi) is 6.04. The van der Waals surface area contributed by atoms with Gasteiger partial charge in [0.2, 0.25) is 0 Å². The molecular weight excluding hydrogens is 352 g/mol. The van der Waals surface area contributed by atoms with Gasteiger partial charge in [0.05, 0.1) is 11.1 Å². The van der Waals surface area contributed by atoms with E-state index in [2.05, 4.69) is 4.98 Å². The first kappa shape index (κ1) is 19.5. The first-order valence-electron chi connectivity index (χ1n) is 9.43. The molecule has 0 saturated heterocycles. The number of carbonyl (C=O) groups is 2. The molecule has 2 aromatic carbocycles. The zero-order valence-corrected chi connectivity index (χ0v) is 16.4. The number of aromatic nitrogens is 1. The fourth-order valence-corrected chi connectivity index (χ4v) is 3.05. The van der Waals surface area contributed by atoms with E-state index in [-0.39, 0.29) is 18.4 Å². The zero-order chi connectivity index (χ0) is 20.1. The molecule has 144 valence electrons. The number of carbonyl (C=O) groups excluding carboxylic acids is 2. The Morgan fingerprint density at radius 1 is 1.04 bits per heavy atom. The lowest BCUT2D eigenvalue weighted by Crippen LogP contribution is -2.34. The number of esters is 1. The summed E-state index contributed by atoms with van der Waals surface area (Å²) in [5.41, 5.74) is 2.77. The summed E-state index contributed by atoms with van der Waals surface area (Å²) in [4.78, 5) is 31.6. The van der Waals surface area contributed by atoms with Crippen molar-refractivity contribution in [1.82, 2.24) is 4.98 Å². The van der Waals surface area contributed by atoms with E-state index in [4.69, 9.17) is 4.74 Å². The van der Waals surface area contributed by atoms with Gasteiger partial charge in [0, 0.05) is 23.3 Å². The predicted molar refractivity (Wildman–Crippen MR) is 111 cm³/mol. The third kappa shape index (κ3) is 4.19. The van der Waals surface area contributed by atoms with Crippen LogP contribution in [0.25, 0.3) is 10.9 Å². The second kappa shape index (κ2) is 8.65. The van der Waals surface area contributed by atoms with Gasteiger partial charge >= 0.3 is 5.97 Å². The first-order chi connectivity index (χ1) is 13.5. The highest BCUT2D eigenvalue weighted by Gasteiger charge is 2.19. The number of benzene rings is 2. The average Bonchev–Trinajstić information content (AvgIpc) is 2.72. The summed E-state index contributed by atoms with van der Waals surface area (Å²) < 4.78 is 5.38. The van der Waals surface area contributed by atoms with Gasteiger partial charge in [0.1, 0.15) is 0 Å². The third-order valence-corrected chi connectivity index (χ3v) is 4.56. The Hall–Kier alpha value is -3.21. The molecule has 3 aromatic rings. The van der Waals surface area contributed by atoms with Crippen LogP contribution in [-0.4, -0.2) is 30.0 Å². The van der Waals surface area contributed by atoms with Crippen molar-refractivity contribution in [3.05, 3.63) is 71.9 Å². The Bertz CT molecular complexity index is 984. The van der Waals surface area contributed by atoms with Crippen molar-refractivity contribution < 1.29 is 14.3 Å². The van der Waals surface area contributed by atoms with Crippen molar-refractivity contribution in [3.63, 3.8) is 0 Å². The molecule has 0 N–H and O–H groups in total. The molecule has 0 spiro atoms. The van der Waals surface area contributed by atoms with Gasteiger partial charge in [0.15, 0.2) is 6.61 Å². The van der Waals surface area contributed by atoms with Crippen LogP contribution < -0.4 is 4.90 Å². The summed E-state index contributed by atoms with van der Waals surface area (Å²) in [6, 6.07) is 18.6. The molecule has 5 heteroatoms. The summed E-state index contributed by atoms with van der Waals surface area (Å²) in [5, 5.41) is 0.722. The number of para-hydroxylation sites is 2. The molecule has 1 amide bonds. The molecule has 0 aliphatic rings. The minimum atomic E-state index is -0.516. The topological polar surface area (TPSA) is 59.5 Å². The van der Waals surface area contributed by atoms with Gasteiger partial charge < -0.3 is 9.64 Å². The average molecular weight is 376 g/mol. The lowest BCUT2D eigenvalue weighted by atomic mass is 10.0. The molecule has 0 aliphatic heterocycles. The van der Waals surface area contributed by atoms with Crippen molar-refractivity contribution in [3.8, 4) is 0 Å². The number of hydrogen-bond donors (Lipinski definition) is 0. The minimum absolute atomic E-state index is 0.173. The first-order valence-corrected chi connectivity index (χ1v) is 9.43. The van der Waals surface area contributed by atoms with Gasteiger partial charge in [-0.1, -0.05) is 50.2 Å². The fraction of sp³-hybridized carbons (Fsp3) is 0.261. The molecule has 1 heterocycles. The molecule has 1 aromatic heterocycles. The van der Waals surface area contributed by atoms with Gasteiger partial charge in [-0.2, -0.15) is 0 Å². The number of pyridine rings is 1. The van der Waals surface area contributed by atoms with E-state index in [1.807, 2.05) is 75.4 Å². The number of rotatable bonds is 6. The SMILES string of the molecule is CCN(C(=O)COC(=O)c1cc(C(C)C)nc2ccccc12)c1ccccc1. The molecule has 3 rings (SSSR count).